The van der Waals surface area contributed by atoms with E-state index < -0.39 is 0 Å². The molecular formula is C16H23N3O2. The first-order chi connectivity index (χ1) is 10.2. The van der Waals surface area contributed by atoms with E-state index in [4.69, 9.17) is 9.15 Å². The molecule has 0 aliphatic heterocycles. The Bertz CT molecular complexity index is 537. The van der Waals surface area contributed by atoms with Crippen LogP contribution in [-0.2, 0) is 17.8 Å². The van der Waals surface area contributed by atoms with Crippen LogP contribution >= 0.6 is 0 Å². The van der Waals surface area contributed by atoms with Crippen LogP contribution in [0.25, 0.3) is 0 Å². The molecule has 2 heterocycles. The van der Waals surface area contributed by atoms with Crippen molar-refractivity contribution >= 4 is 5.82 Å². The monoisotopic (exact) mass is 289 g/mol. The molecule has 2 aromatic rings. The number of hydrogen-bond acceptors (Lipinski definition) is 5. The highest BCUT2D eigenvalue weighted by molar-refractivity contribution is 5.38. The molecule has 0 saturated carbocycles. The summed E-state index contributed by atoms with van der Waals surface area (Å²) in [6, 6.07) is 8.10. The molecule has 5 nitrogen and oxygen atoms in total. The second kappa shape index (κ2) is 7.81. The number of pyridine rings is 1. The van der Waals surface area contributed by atoms with Crippen molar-refractivity contribution in [3.63, 3.8) is 0 Å². The SMILES string of the molecule is COCCNCc1ccc(N(C)Cc2ccc(C)o2)nc1. The van der Waals surface area contributed by atoms with E-state index in [0.29, 0.717) is 6.54 Å². The van der Waals surface area contributed by atoms with Crippen molar-refractivity contribution in [1.29, 1.82) is 0 Å². The van der Waals surface area contributed by atoms with Crippen molar-refractivity contribution < 1.29 is 9.15 Å². The topological polar surface area (TPSA) is 50.5 Å². The van der Waals surface area contributed by atoms with Crippen LogP contribution < -0.4 is 10.2 Å². The molecule has 1 N–H and O–H groups in total. The van der Waals surface area contributed by atoms with Gasteiger partial charge in [0.15, 0.2) is 0 Å². The molecule has 0 aliphatic carbocycles. The number of methoxy groups -OCH3 is 1. The van der Waals surface area contributed by atoms with Gasteiger partial charge in [-0.25, -0.2) is 4.98 Å². The minimum Gasteiger partial charge on any atom is -0.464 e. The number of ether oxygens (including phenoxy) is 1. The van der Waals surface area contributed by atoms with Gasteiger partial charge in [-0.05, 0) is 30.7 Å². The molecule has 5 heteroatoms. The van der Waals surface area contributed by atoms with Crippen LogP contribution in [0.4, 0.5) is 5.82 Å². The molecule has 0 aromatic carbocycles. The minimum absolute atomic E-state index is 0.715. The van der Waals surface area contributed by atoms with Crippen LogP contribution in [0.3, 0.4) is 0 Å². The van der Waals surface area contributed by atoms with Gasteiger partial charge >= 0.3 is 0 Å². The average molecular weight is 289 g/mol. The predicted molar refractivity (Wildman–Crippen MR) is 83.4 cm³/mol. The Morgan fingerprint density at radius 1 is 1.29 bits per heavy atom. The fourth-order valence-corrected chi connectivity index (χ4v) is 2.04. The van der Waals surface area contributed by atoms with E-state index in [1.54, 1.807) is 7.11 Å². The molecule has 2 rings (SSSR count). The summed E-state index contributed by atoms with van der Waals surface area (Å²) in [4.78, 5) is 6.56. The Kier molecular flexibility index (Phi) is 5.78. The highest BCUT2D eigenvalue weighted by Crippen LogP contribution is 2.14. The van der Waals surface area contributed by atoms with Gasteiger partial charge in [0.1, 0.15) is 17.3 Å². The van der Waals surface area contributed by atoms with E-state index in [1.807, 2.05) is 38.4 Å². The molecule has 114 valence electrons. The number of aryl methyl sites for hydroxylation is 1. The van der Waals surface area contributed by atoms with Gasteiger partial charge in [-0.3, -0.25) is 0 Å². The number of nitrogens with zero attached hydrogens (tertiary/aromatic N) is 2. The maximum absolute atomic E-state index is 5.58. The molecule has 0 fully saturated rings. The van der Waals surface area contributed by atoms with E-state index in [2.05, 4.69) is 21.3 Å². The summed E-state index contributed by atoms with van der Waals surface area (Å²) in [6.45, 7) is 5.03. The Hall–Kier alpha value is -1.85. The van der Waals surface area contributed by atoms with Crippen LogP contribution in [0.5, 0.6) is 0 Å². The molecule has 0 spiro atoms. The minimum atomic E-state index is 0.715. The number of hydrogen-bond donors (Lipinski definition) is 1. The van der Waals surface area contributed by atoms with Gasteiger partial charge in [-0.1, -0.05) is 6.07 Å². The summed E-state index contributed by atoms with van der Waals surface area (Å²) in [7, 11) is 3.71. The first kappa shape index (κ1) is 15.5. The molecule has 2 aromatic heterocycles. The van der Waals surface area contributed by atoms with Crippen molar-refractivity contribution in [1.82, 2.24) is 10.3 Å². The van der Waals surface area contributed by atoms with Gasteiger partial charge in [-0.2, -0.15) is 0 Å². The third-order valence-electron chi connectivity index (χ3n) is 3.20. The van der Waals surface area contributed by atoms with Gasteiger partial charge in [0.05, 0.1) is 13.2 Å². The fraction of sp³-hybridized carbons (Fsp3) is 0.438. The van der Waals surface area contributed by atoms with E-state index in [9.17, 15) is 0 Å². The van der Waals surface area contributed by atoms with E-state index in [1.165, 1.54) is 0 Å². The maximum atomic E-state index is 5.58. The first-order valence-corrected chi connectivity index (χ1v) is 7.10. The predicted octanol–water partition coefficient (Wildman–Crippen LogP) is 2.36. The third kappa shape index (κ3) is 4.88. The molecule has 0 aliphatic rings. The average Bonchev–Trinajstić information content (AvgIpc) is 2.89. The van der Waals surface area contributed by atoms with E-state index >= 15 is 0 Å². The van der Waals surface area contributed by atoms with Gasteiger partial charge < -0.3 is 19.4 Å². The Balaban J connectivity index is 1.86. The van der Waals surface area contributed by atoms with Crippen molar-refractivity contribution in [3.05, 3.63) is 47.5 Å². The number of aromatic nitrogens is 1. The molecule has 0 bridgehead atoms. The summed E-state index contributed by atoms with van der Waals surface area (Å²) < 4.78 is 10.6. The first-order valence-electron chi connectivity index (χ1n) is 7.10. The molecule has 0 unspecified atom stereocenters. The lowest BCUT2D eigenvalue weighted by atomic mass is 10.2. The summed E-state index contributed by atoms with van der Waals surface area (Å²) in [6.07, 6.45) is 1.90. The Morgan fingerprint density at radius 2 is 2.14 bits per heavy atom. The van der Waals surface area contributed by atoms with Crippen molar-refractivity contribution in [2.24, 2.45) is 0 Å². The maximum Gasteiger partial charge on any atom is 0.128 e. The molecule has 0 radical (unpaired) electrons. The van der Waals surface area contributed by atoms with Crippen molar-refractivity contribution in [2.45, 2.75) is 20.0 Å². The number of furan rings is 1. The quantitative estimate of drug-likeness (QED) is 0.756. The number of rotatable bonds is 8. The Labute approximate surface area is 125 Å². The lowest BCUT2D eigenvalue weighted by molar-refractivity contribution is 0.199. The van der Waals surface area contributed by atoms with Crippen LogP contribution in [0.2, 0.25) is 0 Å². The zero-order chi connectivity index (χ0) is 15.1. The standard InChI is InChI=1S/C16H23N3O2/c1-13-4-6-15(21-13)12-19(2)16-7-5-14(11-18-16)10-17-8-9-20-3/h4-7,11,17H,8-10,12H2,1-3H3. The van der Waals surface area contributed by atoms with Crippen LogP contribution in [0.1, 0.15) is 17.1 Å². The smallest absolute Gasteiger partial charge is 0.128 e. The number of anilines is 1. The third-order valence-corrected chi connectivity index (χ3v) is 3.20. The molecule has 0 saturated heterocycles. The van der Waals surface area contributed by atoms with Crippen LogP contribution in [-0.4, -0.2) is 32.3 Å². The highest BCUT2D eigenvalue weighted by Gasteiger charge is 2.06. The van der Waals surface area contributed by atoms with Gasteiger partial charge in [0.25, 0.3) is 0 Å². The van der Waals surface area contributed by atoms with Gasteiger partial charge in [0.2, 0.25) is 0 Å². The van der Waals surface area contributed by atoms with Gasteiger partial charge in [0, 0.05) is 33.4 Å². The second-order valence-electron chi connectivity index (χ2n) is 5.06. The molecular weight excluding hydrogens is 266 g/mol. The normalized spacial score (nSPS) is 10.8. The van der Waals surface area contributed by atoms with E-state index in [-0.39, 0.29) is 0 Å². The second-order valence-corrected chi connectivity index (χ2v) is 5.06. The fourth-order valence-electron chi connectivity index (χ4n) is 2.04. The summed E-state index contributed by atoms with van der Waals surface area (Å²) in [5.41, 5.74) is 1.16. The van der Waals surface area contributed by atoms with Gasteiger partial charge in [-0.15, -0.1) is 0 Å². The lowest BCUT2D eigenvalue weighted by Gasteiger charge is -2.17. The summed E-state index contributed by atoms with van der Waals surface area (Å²) in [5.74, 6) is 2.82. The zero-order valence-electron chi connectivity index (χ0n) is 12.9. The zero-order valence-corrected chi connectivity index (χ0v) is 12.9. The van der Waals surface area contributed by atoms with E-state index in [0.717, 1.165) is 42.6 Å². The van der Waals surface area contributed by atoms with Crippen molar-refractivity contribution in [2.75, 3.05) is 32.2 Å². The van der Waals surface area contributed by atoms with Crippen molar-refractivity contribution in [3.8, 4) is 0 Å². The summed E-state index contributed by atoms with van der Waals surface area (Å²) in [5, 5.41) is 3.30. The molecule has 21 heavy (non-hydrogen) atoms. The van der Waals surface area contributed by atoms with Crippen LogP contribution in [0.15, 0.2) is 34.9 Å². The molecule has 0 amide bonds. The highest BCUT2D eigenvalue weighted by atomic mass is 16.5. The Morgan fingerprint density at radius 3 is 2.76 bits per heavy atom. The number of nitrogens with one attached hydrogen (secondary N) is 1. The largest absolute Gasteiger partial charge is 0.464 e. The summed E-state index contributed by atoms with van der Waals surface area (Å²) >= 11 is 0. The van der Waals surface area contributed by atoms with Crippen LogP contribution in [0, 0.1) is 6.92 Å². The molecule has 0 atom stereocenters. The lowest BCUT2D eigenvalue weighted by Crippen LogP contribution is -2.19.